The molecule has 3 N–H and O–H groups in total. The van der Waals surface area contributed by atoms with Gasteiger partial charge in [-0.25, -0.2) is 0 Å². The fraction of sp³-hybridized carbons (Fsp3) is 0.966. The standard InChI is InChI=1S/C58H115NO5/c1-4-7-10-13-16-19-22-25-27-29-30-32-35-38-41-44-47-50-56(61)55(53-60)59-57(62)52-54(49-46-43-40-37-34-24-21-18-15-12-9-6-3)64-58(63)51-48-45-42-39-36-33-31-28-26-23-20-17-14-11-8-5-2/h54-56,60-61H,4-53H2,1-3H3,(H,59,62). The van der Waals surface area contributed by atoms with Crippen LogP contribution < -0.4 is 5.32 Å². The molecule has 0 heterocycles. The quantitative estimate of drug-likeness (QED) is 0.0417. The minimum absolute atomic E-state index is 0.0884. The summed E-state index contributed by atoms with van der Waals surface area (Å²) in [6.45, 7) is 6.54. The van der Waals surface area contributed by atoms with E-state index in [1.54, 1.807) is 0 Å². The van der Waals surface area contributed by atoms with Gasteiger partial charge in [-0.3, -0.25) is 9.59 Å². The molecule has 0 rings (SSSR count). The van der Waals surface area contributed by atoms with E-state index in [1.165, 1.54) is 250 Å². The maximum atomic E-state index is 13.3. The van der Waals surface area contributed by atoms with Gasteiger partial charge in [-0.05, 0) is 25.7 Å². The van der Waals surface area contributed by atoms with Crippen molar-refractivity contribution in [1.29, 1.82) is 0 Å². The van der Waals surface area contributed by atoms with Crippen LogP contribution in [0.4, 0.5) is 0 Å². The van der Waals surface area contributed by atoms with Gasteiger partial charge in [-0.2, -0.15) is 0 Å². The van der Waals surface area contributed by atoms with Crippen LogP contribution in [0, 0.1) is 0 Å². The average Bonchev–Trinajstić information content (AvgIpc) is 3.29. The van der Waals surface area contributed by atoms with Gasteiger partial charge in [-0.1, -0.05) is 297 Å². The first-order valence-electron chi connectivity index (χ1n) is 29.3. The van der Waals surface area contributed by atoms with Crippen molar-refractivity contribution in [2.45, 2.75) is 354 Å². The van der Waals surface area contributed by atoms with Crippen LogP contribution >= 0.6 is 0 Å². The first-order chi connectivity index (χ1) is 31.5. The Hall–Kier alpha value is -1.14. The molecule has 0 aromatic carbocycles. The number of hydrogen-bond donors (Lipinski definition) is 3. The number of aliphatic hydroxyl groups is 2. The highest BCUT2D eigenvalue weighted by atomic mass is 16.5. The molecule has 0 aliphatic rings. The van der Waals surface area contributed by atoms with E-state index in [0.29, 0.717) is 19.3 Å². The molecule has 6 nitrogen and oxygen atoms in total. The first kappa shape index (κ1) is 62.9. The lowest BCUT2D eigenvalue weighted by Crippen LogP contribution is -2.46. The zero-order valence-corrected chi connectivity index (χ0v) is 43.7. The summed E-state index contributed by atoms with van der Waals surface area (Å²) >= 11 is 0. The van der Waals surface area contributed by atoms with Crippen molar-refractivity contribution < 1.29 is 24.5 Å². The van der Waals surface area contributed by atoms with Gasteiger partial charge >= 0.3 is 5.97 Å². The number of ether oxygens (including phenoxy) is 1. The molecule has 382 valence electrons. The van der Waals surface area contributed by atoms with Crippen molar-refractivity contribution in [3.05, 3.63) is 0 Å². The van der Waals surface area contributed by atoms with Crippen molar-refractivity contribution in [3.63, 3.8) is 0 Å². The van der Waals surface area contributed by atoms with Gasteiger partial charge in [0.05, 0.1) is 25.2 Å². The highest BCUT2D eigenvalue weighted by molar-refractivity contribution is 5.77. The number of nitrogens with one attached hydrogen (secondary N) is 1. The summed E-state index contributed by atoms with van der Waals surface area (Å²) in [5, 5.41) is 23.9. The number of hydrogen-bond acceptors (Lipinski definition) is 5. The van der Waals surface area contributed by atoms with E-state index in [-0.39, 0.29) is 24.9 Å². The summed E-state index contributed by atoms with van der Waals surface area (Å²) in [7, 11) is 0. The summed E-state index contributed by atoms with van der Waals surface area (Å²) in [5.74, 6) is -0.445. The molecule has 0 saturated carbocycles. The monoisotopic (exact) mass is 906 g/mol. The van der Waals surface area contributed by atoms with Crippen LogP contribution in [-0.4, -0.2) is 46.9 Å². The molecular weight excluding hydrogens is 791 g/mol. The third-order valence-corrected chi connectivity index (χ3v) is 13.9. The van der Waals surface area contributed by atoms with E-state index in [9.17, 15) is 19.8 Å². The Kier molecular flexibility index (Phi) is 51.9. The number of carbonyl (C=O) groups is 2. The fourth-order valence-corrected chi connectivity index (χ4v) is 9.49. The number of unbranched alkanes of at least 4 members (excludes halogenated alkanes) is 42. The number of rotatable bonds is 54. The lowest BCUT2D eigenvalue weighted by Gasteiger charge is -2.24. The minimum atomic E-state index is -0.780. The van der Waals surface area contributed by atoms with Crippen LogP contribution in [0.2, 0.25) is 0 Å². The van der Waals surface area contributed by atoms with Crippen LogP contribution in [-0.2, 0) is 14.3 Å². The zero-order valence-electron chi connectivity index (χ0n) is 43.7. The molecule has 0 saturated heterocycles. The van der Waals surface area contributed by atoms with Crippen molar-refractivity contribution in [2.24, 2.45) is 0 Å². The Morgan fingerprint density at radius 3 is 0.953 bits per heavy atom. The summed E-state index contributed by atoms with van der Waals surface area (Å²) in [5.41, 5.74) is 0. The number of carbonyl (C=O) groups excluding carboxylic acids is 2. The number of esters is 1. The van der Waals surface area contributed by atoms with E-state index < -0.39 is 18.2 Å². The van der Waals surface area contributed by atoms with E-state index in [2.05, 4.69) is 26.1 Å². The van der Waals surface area contributed by atoms with Crippen molar-refractivity contribution in [3.8, 4) is 0 Å². The summed E-state index contributed by atoms with van der Waals surface area (Å²) in [6.07, 6.45) is 58.8. The molecule has 0 spiro atoms. The second kappa shape index (κ2) is 52.8. The molecule has 3 unspecified atom stereocenters. The maximum absolute atomic E-state index is 13.3. The summed E-state index contributed by atoms with van der Waals surface area (Å²) in [4.78, 5) is 26.2. The predicted molar refractivity (Wildman–Crippen MR) is 278 cm³/mol. The Labute approximate surface area is 400 Å². The highest BCUT2D eigenvalue weighted by Gasteiger charge is 2.24. The highest BCUT2D eigenvalue weighted by Crippen LogP contribution is 2.19. The number of aliphatic hydroxyl groups excluding tert-OH is 2. The van der Waals surface area contributed by atoms with Gasteiger partial charge in [0.1, 0.15) is 6.10 Å². The zero-order chi connectivity index (χ0) is 46.7. The Morgan fingerprint density at radius 1 is 0.391 bits per heavy atom. The average molecular weight is 907 g/mol. The first-order valence-corrected chi connectivity index (χ1v) is 29.3. The molecule has 0 aliphatic carbocycles. The molecule has 3 atom stereocenters. The summed E-state index contributed by atoms with van der Waals surface area (Å²) in [6, 6.07) is -0.693. The molecular formula is C58H115NO5. The van der Waals surface area contributed by atoms with Crippen LogP contribution in [0.1, 0.15) is 335 Å². The third-order valence-electron chi connectivity index (χ3n) is 13.9. The van der Waals surface area contributed by atoms with E-state index in [4.69, 9.17) is 4.74 Å². The van der Waals surface area contributed by atoms with Gasteiger partial charge < -0.3 is 20.3 Å². The Morgan fingerprint density at radius 2 is 0.656 bits per heavy atom. The predicted octanol–water partition coefficient (Wildman–Crippen LogP) is 17.9. The minimum Gasteiger partial charge on any atom is -0.462 e. The van der Waals surface area contributed by atoms with Gasteiger partial charge in [0.25, 0.3) is 0 Å². The van der Waals surface area contributed by atoms with E-state index >= 15 is 0 Å². The Bertz CT molecular complexity index is 928. The molecule has 0 aromatic rings. The van der Waals surface area contributed by atoms with Crippen LogP contribution in [0.5, 0.6) is 0 Å². The molecule has 0 aliphatic heterocycles. The molecule has 0 aromatic heterocycles. The van der Waals surface area contributed by atoms with Crippen LogP contribution in [0.3, 0.4) is 0 Å². The van der Waals surface area contributed by atoms with E-state index in [0.717, 1.165) is 38.5 Å². The number of amides is 1. The van der Waals surface area contributed by atoms with Crippen LogP contribution in [0.25, 0.3) is 0 Å². The molecule has 1 amide bonds. The maximum Gasteiger partial charge on any atom is 0.306 e. The van der Waals surface area contributed by atoms with Crippen molar-refractivity contribution >= 4 is 11.9 Å². The van der Waals surface area contributed by atoms with Crippen molar-refractivity contribution in [1.82, 2.24) is 5.32 Å². The molecule has 64 heavy (non-hydrogen) atoms. The molecule has 0 fully saturated rings. The van der Waals surface area contributed by atoms with Gasteiger partial charge in [0.2, 0.25) is 5.91 Å². The Balaban J connectivity index is 4.42. The van der Waals surface area contributed by atoms with Crippen LogP contribution in [0.15, 0.2) is 0 Å². The third kappa shape index (κ3) is 47.4. The lowest BCUT2D eigenvalue weighted by atomic mass is 10.0. The fourth-order valence-electron chi connectivity index (χ4n) is 9.49. The molecule has 0 radical (unpaired) electrons. The largest absolute Gasteiger partial charge is 0.462 e. The van der Waals surface area contributed by atoms with Gasteiger partial charge in [-0.15, -0.1) is 0 Å². The second-order valence-electron chi connectivity index (χ2n) is 20.4. The smallest absolute Gasteiger partial charge is 0.306 e. The van der Waals surface area contributed by atoms with Gasteiger partial charge in [0, 0.05) is 6.42 Å². The lowest BCUT2D eigenvalue weighted by molar-refractivity contribution is -0.151. The second-order valence-corrected chi connectivity index (χ2v) is 20.4. The van der Waals surface area contributed by atoms with E-state index in [1.807, 2.05) is 0 Å². The molecule has 0 bridgehead atoms. The molecule has 6 heteroatoms. The van der Waals surface area contributed by atoms with Crippen molar-refractivity contribution in [2.75, 3.05) is 6.61 Å². The van der Waals surface area contributed by atoms with Gasteiger partial charge in [0.15, 0.2) is 0 Å². The summed E-state index contributed by atoms with van der Waals surface area (Å²) < 4.78 is 5.96. The topological polar surface area (TPSA) is 95.9 Å². The SMILES string of the molecule is CCCCCCCCCCCCCCCCCCCC(O)C(CO)NC(=O)CC(CCCCCCCCCCCCCC)OC(=O)CCCCCCCCCCCCCCCCCC. The normalized spacial score (nSPS) is 13.0.